The summed E-state index contributed by atoms with van der Waals surface area (Å²) in [5, 5.41) is 13.8. The smallest absolute Gasteiger partial charge is 0.240 e. The summed E-state index contributed by atoms with van der Waals surface area (Å²) in [7, 11) is -2.00. The molecule has 140 valence electrons. The molecule has 10 heteroatoms. The van der Waals surface area contributed by atoms with Crippen LogP contribution in [0.15, 0.2) is 35.4 Å². The molecule has 9 nitrogen and oxygen atoms in total. The molecule has 0 aliphatic carbocycles. The van der Waals surface area contributed by atoms with Crippen LogP contribution in [0.25, 0.3) is 0 Å². The van der Waals surface area contributed by atoms with E-state index in [0.717, 1.165) is 5.56 Å². The maximum absolute atomic E-state index is 12.3. The lowest BCUT2D eigenvalue weighted by Crippen LogP contribution is -2.38. The van der Waals surface area contributed by atoms with Crippen molar-refractivity contribution in [1.82, 2.24) is 30.3 Å². The molecule has 1 aliphatic rings. The van der Waals surface area contributed by atoms with Gasteiger partial charge >= 0.3 is 0 Å². The average Bonchev–Trinajstić information content (AvgIpc) is 3.29. The van der Waals surface area contributed by atoms with Crippen LogP contribution in [0.3, 0.4) is 0 Å². The zero-order chi connectivity index (χ0) is 18.7. The second-order valence-electron chi connectivity index (χ2n) is 6.29. The van der Waals surface area contributed by atoms with Gasteiger partial charge in [-0.25, -0.2) is 17.8 Å². The Morgan fingerprint density at radius 2 is 2.08 bits per heavy atom. The molecule has 0 unspecified atom stereocenters. The van der Waals surface area contributed by atoms with Gasteiger partial charge in [-0.05, 0) is 25.5 Å². The zero-order valence-corrected chi connectivity index (χ0v) is 15.5. The number of carbonyl (C=O) groups excluding carboxylic acids is 1. The van der Waals surface area contributed by atoms with Gasteiger partial charge in [0.15, 0.2) is 0 Å². The fourth-order valence-corrected chi connectivity index (χ4v) is 3.83. The summed E-state index contributed by atoms with van der Waals surface area (Å²) in [4.78, 5) is 11.9. The van der Waals surface area contributed by atoms with Crippen molar-refractivity contribution >= 4 is 15.9 Å². The first-order chi connectivity index (χ1) is 12.4. The molecule has 2 atom stereocenters. The molecule has 1 aromatic carbocycles. The van der Waals surface area contributed by atoms with Gasteiger partial charge < -0.3 is 10.6 Å². The summed E-state index contributed by atoms with van der Waals surface area (Å²) in [6, 6.07) is 6.39. The molecular formula is C16H22N6O3S. The molecule has 1 aromatic heterocycles. The number of benzene rings is 1. The van der Waals surface area contributed by atoms with Gasteiger partial charge in [0, 0.05) is 13.6 Å². The Morgan fingerprint density at radius 1 is 1.35 bits per heavy atom. The van der Waals surface area contributed by atoms with Gasteiger partial charge in [0.25, 0.3) is 0 Å². The van der Waals surface area contributed by atoms with Crippen LogP contribution >= 0.6 is 0 Å². The topological polar surface area (TPSA) is 118 Å². The monoisotopic (exact) mass is 378 g/mol. The van der Waals surface area contributed by atoms with Gasteiger partial charge in [-0.2, -0.15) is 0 Å². The Morgan fingerprint density at radius 3 is 2.77 bits per heavy atom. The summed E-state index contributed by atoms with van der Waals surface area (Å²) in [5.41, 5.74) is 1.51. The highest BCUT2D eigenvalue weighted by Crippen LogP contribution is 2.19. The van der Waals surface area contributed by atoms with E-state index in [9.17, 15) is 13.2 Å². The lowest BCUT2D eigenvalue weighted by Gasteiger charge is -2.09. The lowest BCUT2D eigenvalue weighted by molar-refractivity contribution is -0.122. The molecule has 0 radical (unpaired) electrons. The van der Waals surface area contributed by atoms with Crippen molar-refractivity contribution in [1.29, 1.82) is 0 Å². The van der Waals surface area contributed by atoms with Crippen LogP contribution in [0, 0.1) is 6.92 Å². The number of aryl methyl sites for hydroxylation is 1. The number of hydrogen-bond donors (Lipinski definition) is 3. The van der Waals surface area contributed by atoms with Crippen molar-refractivity contribution in [3.8, 4) is 0 Å². The standard InChI is InChI=1S/C16H22N6O3S/c1-11-3-5-14(6-4-11)26(24,25)19-8-12-10-22(21-20-12)13-7-15(18-9-13)16(23)17-2/h3-6,10,13,15,18-19H,7-9H2,1-2H3,(H,17,23)/t13-,15-/m0/s1. The predicted molar refractivity (Wildman–Crippen MR) is 94.7 cm³/mol. The van der Waals surface area contributed by atoms with Crippen LogP contribution in [0.4, 0.5) is 0 Å². The van der Waals surface area contributed by atoms with E-state index in [1.165, 1.54) is 0 Å². The van der Waals surface area contributed by atoms with Crippen molar-refractivity contribution < 1.29 is 13.2 Å². The van der Waals surface area contributed by atoms with Crippen LogP contribution in [0.1, 0.15) is 23.7 Å². The van der Waals surface area contributed by atoms with Crippen LogP contribution in [-0.2, 0) is 21.4 Å². The Labute approximate surface area is 152 Å². The number of likely N-dealkylation sites (N-methyl/N-ethyl adjacent to an activating group) is 1. The van der Waals surface area contributed by atoms with E-state index in [-0.39, 0.29) is 29.4 Å². The van der Waals surface area contributed by atoms with Crippen molar-refractivity contribution in [2.75, 3.05) is 13.6 Å². The van der Waals surface area contributed by atoms with E-state index < -0.39 is 10.0 Å². The Balaban J connectivity index is 1.60. The summed E-state index contributed by atoms with van der Waals surface area (Å²) in [6.07, 6.45) is 2.31. The molecule has 3 N–H and O–H groups in total. The minimum Gasteiger partial charge on any atom is -0.358 e. The SMILES string of the molecule is CNC(=O)[C@@H]1C[C@H](n2cc(CNS(=O)(=O)c3ccc(C)cc3)nn2)CN1. The first-order valence-corrected chi connectivity index (χ1v) is 9.79. The van der Waals surface area contributed by atoms with Crippen molar-refractivity contribution in [3.63, 3.8) is 0 Å². The quantitative estimate of drug-likeness (QED) is 0.636. The highest BCUT2D eigenvalue weighted by atomic mass is 32.2. The normalized spacial score (nSPS) is 20.2. The molecule has 3 rings (SSSR count). The second kappa shape index (κ2) is 7.52. The fourth-order valence-electron chi connectivity index (χ4n) is 2.84. The van der Waals surface area contributed by atoms with Gasteiger partial charge in [0.2, 0.25) is 15.9 Å². The van der Waals surface area contributed by atoms with E-state index in [4.69, 9.17) is 0 Å². The third-order valence-electron chi connectivity index (χ3n) is 4.38. The number of nitrogens with one attached hydrogen (secondary N) is 3. The molecular weight excluding hydrogens is 356 g/mol. The molecule has 1 amide bonds. The van der Waals surface area contributed by atoms with E-state index in [2.05, 4.69) is 25.7 Å². The van der Waals surface area contributed by atoms with E-state index >= 15 is 0 Å². The predicted octanol–water partition coefficient (Wildman–Crippen LogP) is -0.286. The number of aromatic nitrogens is 3. The number of amides is 1. The average molecular weight is 378 g/mol. The lowest BCUT2D eigenvalue weighted by atomic mass is 10.1. The first-order valence-electron chi connectivity index (χ1n) is 8.31. The van der Waals surface area contributed by atoms with Gasteiger partial charge in [-0.15, -0.1) is 5.10 Å². The summed E-state index contributed by atoms with van der Waals surface area (Å²) >= 11 is 0. The maximum Gasteiger partial charge on any atom is 0.240 e. The fraction of sp³-hybridized carbons (Fsp3) is 0.438. The molecule has 0 bridgehead atoms. The first kappa shape index (κ1) is 18.5. The number of carbonyl (C=O) groups is 1. The summed E-state index contributed by atoms with van der Waals surface area (Å²) in [5.74, 6) is -0.0568. The highest BCUT2D eigenvalue weighted by Gasteiger charge is 2.30. The molecule has 1 fully saturated rings. The molecule has 2 aromatic rings. The van der Waals surface area contributed by atoms with Gasteiger partial charge in [0.05, 0.1) is 35.4 Å². The van der Waals surface area contributed by atoms with Crippen LogP contribution in [0.2, 0.25) is 0 Å². The van der Waals surface area contributed by atoms with Crippen molar-refractivity contribution in [2.45, 2.75) is 36.9 Å². The summed E-state index contributed by atoms with van der Waals surface area (Å²) < 4.78 is 28.8. The highest BCUT2D eigenvalue weighted by molar-refractivity contribution is 7.89. The molecule has 26 heavy (non-hydrogen) atoms. The molecule has 0 saturated carbocycles. The number of sulfonamides is 1. The minimum atomic E-state index is -3.60. The minimum absolute atomic E-state index is 0.00672. The Bertz CT molecular complexity index is 878. The molecule has 1 saturated heterocycles. The van der Waals surface area contributed by atoms with Gasteiger partial charge in [-0.1, -0.05) is 22.9 Å². The maximum atomic E-state index is 12.3. The third-order valence-corrected chi connectivity index (χ3v) is 5.79. The Hall–Kier alpha value is -2.30. The number of rotatable bonds is 6. The van der Waals surface area contributed by atoms with Crippen LogP contribution in [-0.4, -0.2) is 49.0 Å². The van der Waals surface area contributed by atoms with Crippen molar-refractivity contribution in [2.24, 2.45) is 0 Å². The van der Waals surface area contributed by atoms with Crippen LogP contribution < -0.4 is 15.4 Å². The third kappa shape index (κ3) is 4.09. The van der Waals surface area contributed by atoms with E-state index in [0.29, 0.717) is 18.7 Å². The Kier molecular flexibility index (Phi) is 5.35. The molecule has 2 heterocycles. The van der Waals surface area contributed by atoms with E-state index in [1.54, 1.807) is 42.2 Å². The largest absolute Gasteiger partial charge is 0.358 e. The number of nitrogens with zero attached hydrogens (tertiary/aromatic N) is 3. The molecule has 1 aliphatic heterocycles. The van der Waals surface area contributed by atoms with Gasteiger partial charge in [-0.3, -0.25) is 4.79 Å². The van der Waals surface area contributed by atoms with E-state index in [1.807, 2.05) is 6.92 Å². The second-order valence-corrected chi connectivity index (χ2v) is 8.06. The van der Waals surface area contributed by atoms with Crippen LogP contribution in [0.5, 0.6) is 0 Å². The van der Waals surface area contributed by atoms with Gasteiger partial charge in [0.1, 0.15) is 0 Å². The van der Waals surface area contributed by atoms with Crippen molar-refractivity contribution in [3.05, 3.63) is 41.7 Å². The summed E-state index contributed by atoms with van der Waals surface area (Å²) in [6.45, 7) is 2.56. The molecule has 0 spiro atoms. The number of hydrogen-bond acceptors (Lipinski definition) is 6. The zero-order valence-electron chi connectivity index (χ0n) is 14.6.